The number of H-pyrrole nitrogens is 1. The van der Waals surface area contributed by atoms with Gasteiger partial charge in [0.1, 0.15) is 17.8 Å². The molecule has 0 radical (unpaired) electrons. The van der Waals surface area contributed by atoms with Crippen molar-refractivity contribution in [3.8, 4) is 0 Å². The molecule has 1 aliphatic rings. The number of fused-ring (bicyclic) bond motifs is 1. The van der Waals surface area contributed by atoms with Crippen LogP contribution in [0.1, 0.15) is 25.3 Å². The van der Waals surface area contributed by atoms with Crippen LogP contribution in [-0.4, -0.2) is 41.8 Å². The van der Waals surface area contributed by atoms with Gasteiger partial charge in [-0.25, -0.2) is 9.97 Å². The van der Waals surface area contributed by atoms with Crippen molar-refractivity contribution in [2.45, 2.75) is 26.2 Å². The normalized spacial score (nSPS) is 17.0. The third-order valence-corrected chi connectivity index (χ3v) is 4.23. The molecule has 0 amide bonds. The van der Waals surface area contributed by atoms with Gasteiger partial charge in [-0.3, -0.25) is 0 Å². The molecule has 1 saturated heterocycles. The first kappa shape index (κ1) is 13.4. The Kier molecular flexibility index (Phi) is 3.87. The lowest BCUT2D eigenvalue weighted by atomic mass is 9.97. The van der Waals surface area contributed by atoms with Gasteiger partial charge in [-0.1, -0.05) is 6.92 Å². The lowest BCUT2D eigenvalue weighted by Gasteiger charge is -2.32. The molecule has 3 heterocycles. The second kappa shape index (κ2) is 5.79. The minimum atomic E-state index is 0.686. The summed E-state index contributed by atoms with van der Waals surface area (Å²) in [5.41, 5.74) is 2.25. The van der Waals surface area contributed by atoms with Gasteiger partial charge in [0.05, 0.1) is 5.39 Å². The number of rotatable bonds is 4. The first-order valence-electron chi connectivity index (χ1n) is 7.38. The minimum absolute atomic E-state index is 0.686. The van der Waals surface area contributed by atoms with Crippen LogP contribution in [0.5, 0.6) is 0 Å². The van der Waals surface area contributed by atoms with E-state index < -0.39 is 0 Å². The average molecular weight is 274 g/mol. The SMILES string of the molecule is CCc1c[nH]c2ncnc(N3CCC(COC)CC3)c12. The summed E-state index contributed by atoms with van der Waals surface area (Å²) in [5.74, 6) is 1.77. The molecule has 0 aromatic carbocycles. The largest absolute Gasteiger partial charge is 0.384 e. The zero-order valence-corrected chi connectivity index (χ0v) is 12.2. The van der Waals surface area contributed by atoms with Crippen LogP contribution in [0, 0.1) is 5.92 Å². The lowest BCUT2D eigenvalue weighted by molar-refractivity contribution is 0.139. The maximum absolute atomic E-state index is 5.27. The van der Waals surface area contributed by atoms with Crippen LogP contribution in [0.3, 0.4) is 0 Å². The highest BCUT2D eigenvalue weighted by Crippen LogP contribution is 2.29. The van der Waals surface area contributed by atoms with Crippen LogP contribution in [0.15, 0.2) is 12.5 Å². The van der Waals surface area contributed by atoms with E-state index in [2.05, 4.69) is 33.0 Å². The molecule has 1 fully saturated rings. The fourth-order valence-electron chi connectivity index (χ4n) is 3.07. The number of piperidine rings is 1. The molecular weight excluding hydrogens is 252 g/mol. The number of ether oxygens (including phenoxy) is 1. The molecule has 1 aliphatic heterocycles. The van der Waals surface area contributed by atoms with Gasteiger partial charge in [0.15, 0.2) is 0 Å². The fraction of sp³-hybridized carbons (Fsp3) is 0.600. The number of aromatic nitrogens is 3. The summed E-state index contributed by atoms with van der Waals surface area (Å²) >= 11 is 0. The Hall–Kier alpha value is -1.62. The molecule has 0 spiro atoms. The molecule has 0 atom stereocenters. The Balaban J connectivity index is 1.86. The Morgan fingerprint density at radius 3 is 2.85 bits per heavy atom. The number of aryl methyl sites for hydroxylation is 1. The quantitative estimate of drug-likeness (QED) is 0.930. The number of aromatic amines is 1. The van der Waals surface area contributed by atoms with E-state index in [-0.39, 0.29) is 0 Å². The van der Waals surface area contributed by atoms with E-state index in [1.807, 2.05) is 0 Å². The zero-order chi connectivity index (χ0) is 13.9. The van der Waals surface area contributed by atoms with Crippen molar-refractivity contribution in [3.05, 3.63) is 18.1 Å². The summed E-state index contributed by atoms with van der Waals surface area (Å²) in [6.07, 6.45) is 7.06. The van der Waals surface area contributed by atoms with Gasteiger partial charge < -0.3 is 14.6 Å². The lowest BCUT2D eigenvalue weighted by Crippen LogP contribution is -2.35. The molecular formula is C15H22N4O. The number of hydrogen-bond donors (Lipinski definition) is 1. The molecule has 3 rings (SSSR count). The van der Waals surface area contributed by atoms with Crippen molar-refractivity contribution in [1.29, 1.82) is 0 Å². The van der Waals surface area contributed by atoms with Crippen molar-refractivity contribution in [1.82, 2.24) is 15.0 Å². The number of methoxy groups -OCH3 is 1. The van der Waals surface area contributed by atoms with E-state index in [1.54, 1.807) is 13.4 Å². The monoisotopic (exact) mass is 274 g/mol. The summed E-state index contributed by atoms with van der Waals surface area (Å²) in [4.78, 5) is 14.5. The van der Waals surface area contributed by atoms with E-state index in [1.165, 1.54) is 23.8 Å². The van der Waals surface area contributed by atoms with Gasteiger partial charge in [0.25, 0.3) is 0 Å². The summed E-state index contributed by atoms with van der Waals surface area (Å²) in [5, 5.41) is 1.19. The van der Waals surface area contributed by atoms with Crippen molar-refractivity contribution in [2.24, 2.45) is 5.92 Å². The summed E-state index contributed by atoms with van der Waals surface area (Å²) in [6.45, 7) is 5.14. The maximum atomic E-state index is 5.27. The number of nitrogens with zero attached hydrogens (tertiary/aromatic N) is 3. The average Bonchev–Trinajstić information content (AvgIpc) is 2.91. The van der Waals surface area contributed by atoms with E-state index in [0.717, 1.165) is 37.6 Å². The number of nitrogens with one attached hydrogen (secondary N) is 1. The minimum Gasteiger partial charge on any atom is -0.384 e. The Morgan fingerprint density at radius 1 is 1.35 bits per heavy atom. The Labute approximate surface area is 119 Å². The molecule has 0 bridgehead atoms. The van der Waals surface area contributed by atoms with Crippen LogP contribution in [0.25, 0.3) is 11.0 Å². The smallest absolute Gasteiger partial charge is 0.143 e. The topological polar surface area (TPSA) is 54.0 Å². The van der Waals surface area contributed by atoms with Gasteiger partial charge in [0, 0.05) is 33.0 Å². The van der Waals surface area contributed by atoms with Crippen molar-refractivity contribution in [3.63, 3.8) is 0 Å². The molecule has 0 unspecified atom stereocenters. The fourth-order valence-corrected chi connectivity index (χ4v) is 3.07. The summed E-state index contributed by atoms with van der Waals surface area (Å²) in [6, 6.07) is 0. The highest BCUT2D eigenvalue weighted by molar-refractivity contribution is 5.90. The Bertz CT molecular complexity index is 572. The van der Waals surface area contributed by atoms with Gasteiger partial charge in [0.2, 0.25) is 0 Å². The van der Waals surface area contributed by atoms with E-state index >= 15 is 0 Å². The predicted octanol–water partition coefficient (Wildman–Crippen LogP) is 2.38. The number of anilines is 1. The van der Waals surface area contributed by atoms with Gasteiger partial charge in [-0.05, 0) is 30.7 Å². The van der Waals surface area contributed by atoms with Crippen LogP contribution in [0.4, 0.5) is 5.82 Å². The molecule has 1 N–H and O–H groups in total. The van der Waals surface area contributed by atoms with Gasteiger partial charge in [-0.15, -0.1) is 0 Å². The van der Waals surface area contributed by atoms with E-state index in [4.69, 9.17) is 4.74 Å². The molecule has 2 aromatic heterocycles. The molecule has 5 nitrogen and oxygen atoms in total. The van der Waals surface area contributed by atoms with Crippen molar-refractivity contribution in [2.75, 3.05) is 31.7 Å². The predicted molar refractivity (Wildman–Crippen MR) is 80.1 cm³/mol. The summed E-state index contributed by atoms with van der Waals surface area (Å²) in [7, 11) is 1.79. The maximum Gasteiger partial charge on any atom is 0.143 e. The van der Waals surface area contributed by atoms with Crippen molar-refractivity contribution >= 4 is 16.9 Å². The van der Waals surface area contributed by atoms with Crippen LogP contribution in [0.2, 0.25) is 0 Å². The molecule has 2 aromatic rings. The highest BCUT2D eigenvalue weighted by Gasteiger charge is 2.22. The first-order valence-corrected chi connectivity index (χ1v) is 7.38. The molecule has 0 aliphatic carbocycles. The van der Waals surface area contributed by atoms with Gasteiger partial charge >= 0.3 is 0 Å². The molecule has 0 saturated carbocycles. The third-order valence-electron chi connectivity index (χ3n) is 4.23. The molecule has 108 valence electrons. The summed E-state index contributed by atoms with van der Waals surface area (Å²) < 4.78 is 5.27. The molecule has 20 heavy (non-hydrogen) atoms. The zero-order valence-electron chi connectivity index (χ0n) is 12.2. The Morgan fingerprint density at radius 2 is 2.15 bits per heavy atom. The second-order valence-electron chi connectivity index (χ2n) is 5.47. The van der Waals surface area contributed by atoms with Crippen LogP contribution in [-0.2, 0) is 11.2 Å². The molecule has 5 heteroatoms. The van der Waals surface area contributed by atoms with Crippen molar-refractivity contribution < 1.29 is 4.74 Å². The number of hydrogen-bond acceptors (Lipinski definition) is 4. The third kappa shape index (κ3) is 2.38. The highest BCUT2D eigenvalue weighted by atomic mass is 16.5. The van der Waals surface area contributed by atoms with E-state index in [0.29, 0.717) is 5.92 Å². The van der Waals surface area contributed by atoms with E-state index in [9.17, 15) is 0 Å². The second-order valence-corrected chi connectivity index (χ2v) is 5.47. The van der Waals surface area contributed by atoms with Crippen LogP contribution < -0.4 is 4.90 Å². The first-order chi connectivity index (χ1) is 9.83. The van der Waals surface area contributed by atoms with Gasteiger partial charge in [-0.2, -0.15) is 0 Å². The van der Waals surface area contributed by atoms with Crippen LogP contribution >= 0.6 is 0 Å². The standard InChI is InChI=1S/C15H22N4O/c1-3-12-8-16-14-13(12)15(18-10-17-14)19-6-4-11(5-7-19)9-20-2/h8,10-11H,3-7,9H2,1-2H3,(H,16,17,18).